The van der Waals surface area contributed by atoms with Crippen molar-refractivity contribution in [1.29, 1.82) is 0 Å². The van der Waals surface area contributed by atoms with Gasteiger partial charge in [-0.15, -0.1) is 5.10 Å². The minimum Gasteiger partial charge on any atom is -0.480 e. The Balaban J connectivity index is 1.20. The highest BCUT2D eigenvalue weighted by molar-refractivity contribution is 6.40. The number of carbonyl (C=O) groups is 2. The third-order valence-corrected chi connectivity index (χ3v) is 10.4. The number of carbonyl (C=O) groups excluding carboxylic acids is 2. The summed E-state index contributed by atoms with van der Waals surface area (Å²) in [6.45, 7) is 4.77. The predicted octanol–water partition coefficient (Wildman–Crippen LogP) is 4.97. The maximum atomic E-state index is 16.2. The summed E-state index contributed by atoms with van der Waals surface area (Å²) < 4.78 is 33.7. The Morgan fingerprint density at radius 1 is 1.04 bits per heavy atom. The molecule has 4 heterocycles. The number of rotatable bonds is 7. The smallest absolute Gasteiger partial charge is 0.259 e. The Morgan fingerprint density at radius 2 is 1.76 bits per heavy atom. The number of ether oxygens (including phenoxy) is 3. The monoisotopic (exact) mass is 710 g/mol. The van der Waals surface area contributed by atoms with Crippen molar-refractivity contribution in [3.05, 3.63) is 75.0 Å². The fraction of sp³-hybridized carbons (Fsp3) is 0.400. The first kappa shape index (κ1) is 33.4. The van der Waals surface area contributed by atoms with Gasteiger partial charge in [-0.1, -0.05) is 41.4 Å². The highest BCUT2D eigenvalue weighted by atomic mass is 35.5. The Kier molecular flexibility index (Phi) is 9.56. The van der Waals surface area contributed by atoms with E-state index in [1.54, 1.807) is 24.3 Å². The second kappa shape index (κ2) is 14.0. The summed E-state index contributed by atoms with van der Waals surface area (Å²) in [5.41, 5.74) is 6.08. The second-order valence-electron chi connectivity index (χ2n) is 12.7. The quantitative estimate of drug-likeness (QED) is 0.159. The number of likely N-dealkylation sites (N-methyl/N-ethyl adjacent to an activating group) is 1. The molecule has 2 amide bonds. The number of amides is 2. The summed E-state index contributed by atoms with van der Waals surface area (Å²) in [5, 5.41) is 4.59. The maximum Gasteiger partial charge on any atom is 0.259 e. The number of nitrogens with zero attached hydrogens (tertiary/aromatic N) is 5. The molecule has 0 spiro atoms. The van der Waals surface area contributed by atoms with E-state index >= 15 is 4.39 Å². The first-order chi connectivity index (χ1) is 23.8. The Morgan fingerprint density at radius 3 is 2.43 bits per heavy atom. The van der Waals surface area contributed by atoms with Gasteiger partial charge in [0.1, 0.15) is 11.6 Å². The molecule has 3 fully saturated rings. The van der Waals surface area contributed by atoms with Crippen molar-refractivity contribution in [3.63, 3.8) is 0 Å². The van der Waals surface area contributed by atoms with Crippen molar-refractivity contribution < 1.29 is 28.2 Å². The Labute approximate surface area is 294 Å². The van der Waals surface area contributed by atoms with Crippen LogP contribution >= 0.6 is 23.2 Å². The van der Waals surface area contributed by atoms with Crippen LogP contribution < -0.4 is 20.0 Å². The van der Waals surface area contributed by atoms with E-state index in [1.807, 2.05) is 12.1 Å². The van der Waals surface area contributed by atoms with Crippen molar-refractivity contribution in [2.75, 3.05) is 70.1 Å². The molecule has 0 saturated carbocycles. The zero-order valence-electron chi connectivity index (χ0n) is 27.3. The van der Waals surface area contributed by atoms with Gasteiger partial charge in [0.25, 0.3) is 5.91 Å². The summed E-state index contributed by atoms with van der Waals surface area (Å²) >= 11 is 13.4. The highest BCUT2D eigenvalue weighted by Gasteiger charge is 2.40. The number of hydrazone groups is 1. The lowest BCUT2D eigenvalue weighted by molar-refractivity contribution is -0.109. The predicted molar refractivity (Wildman–Crippen MR) is 186 cm³/mol. The number of methoxy groups -OCH3 is 1. The number of piperazine rings is 1. The van der Waals surface area contributed by atoms with Gasteiger partial charge in [0.15, 0.2) is 6.73 Å². The van der Waals surface area contributed by atoms with Crippen molar-refractivity contribution in [2.24, 2.45) is 5.10 Å². The molecule has 2 unspecified atom stereocenters. The largest absolute Gasteiger partial charge is 0.480 e. The van der Waals surface area contributed by atoms with Crippen LogP contribution in [0.25, 0.3) is 11.1 Å². The molecular weight excluding hydrogens is 674 g/mol. The Hall–Kier alpha value is -4.10. The average Bonchev–Trinajstić information content (AvgIpc) is 3.34. The molecule has 3 saturated heterocycles. The standard InChI is InChI=1S/C35H37Cl2FN6O5/c1-41-8-10-42(11-9-41)24-12-28(36)32(29(37)13-24)35(46)43-16-21-4-3-5-25(33(21)49-20-43)26-15-31(44-22-6-7-23(44)18-48-17-22)27(14-30(26)38)34(47-2)40-39-19-45/h3-5,12-15,19,22-23H,6-11,16-18,20H2,1-2H3,(H,39,45)/b40-34-. The lowest BCUT2D eigenvalue weighted by Crippen LogP contribution is -2.46. The molecule has 4 aliphatic rings. The average molecular weight is 712 g/mol. The number of hydrogen-bond acceptors (Lipinski definition) is 9. The van der Waals surface area contributed by atoms with Crippen LogP contribution in [0.5, 0.6) is 5.75 Å². The van der Waals surface area contributed by atoms with Gasteiger partial charge in [-0.2, -0.15) is 0 Å². The first-order valence-electron chi connectivity index (χ1n) is 16.2. The molecule has 258 valence electrons. The molecule has 2 atom stereocenters. The third kappa shape index (κ3) is 6.38. The van der Waals surface area contributed by atoms with Gasteiger partial charge >= 0.3 is 0 Å². The molecule has 49 heavy (non-hydrogen) atoms. The lowest BCUT2D eigenvalue weighted by Gasteiger charge is -2.38. The van der Waals surface area contributed by atoms with E-state index in [0.717, 1.165) is 50.4 Å². The van der Waals surface area contributed by atoms with Gasteiger partial charge < -0.3 is 33.8 Å². The molecule has 3 aromatic carbocycles. The summed E-state index contributed by atoms with van der Waals surface area (Å²) in [4.78, 5) is 33.1. The molecule has 1 N–H and O–H groups in total. The number of halogens is 3. The molecule has 3 aromatic rings. The molecule has 4 aliphatic heterocycles. The van der Waals surface area contributed by atoms with E-state index in [2.05, 4.69) is 32.3 Å². The number of morpholine rings is 1. The number of nitrogens with one attached hydrogen (secondary N) is 1. The van der Waals surface area contributed by atoms with E-state index in [-0.39, 0.29) is 52.8 Å². The lowest BCUT2D eigenvalue weighted by atomic mass is 9.96. The minimum absolute atomic E-state index is 0.0757. The number of para-hydroxylation sites is 1. The second-order valence-corrected chi connectivity index (χ2v) is 13.5. The third-order valence-electron chi connectivity index (χ3n) is 9.76. The Bertz CT molecular complexity index is 1760. The molecular formula is C35H37Cl2FN6O5. The van der Waals surface area contributed by atoms with Crippen LogP contribution in [-0.4, -0.2) is 100 Å². The molecule has 2 bridgehead atoms. The van der Waals surface area contributed by atoms with Crippen LogP contribution in [0.15, 0.2) is 47.6 Å². The SMILES string of the molecule is CO/C(=N\NC=O)c1cc(F)c(-c2cccc3c2OCN(C(=O)c2c(Cl)cc(N4CCN(C)CC4)cc2Cl)C3)cc1N1C2CCC1COC2. The van der Waals surface area contributed by atoms with E-state index in [1.165, 1.54) is 18.1 Å². The number of benzene rings is 3. The summed E-state index contributed by atoms with van der Waals surface area (Å²) in [7, 11) is 3.51. The fourth-order valence-electron chi connectivity index (χ4n) is 7.26. The number of anilines is 2. The zero-order chi connectivity index (χ0) is 34.2. The van der Waals surface area contributed by atoms with Gasteiger partial charge in [-0.3, -0.25) is 9.59 Å². The number of fused-ring (bicyclic) bond motifs is 3. The van der Waals surface area contributed by atoms with Crippen LogP contribution in [0.4, 0.5) is 15.8 Å². The van der Waals surface area contributed by atoms with E-state index < -0.39 is 5.82 Å². The van der Waals surface area contributed by atoms with Crippen molar-refractivity contribution >= 4 is 52.8 Å². The molecule has 7 rings (SSSR count). The van der Waals surface area contributed by atoms with Crippen LogP contribution in [0.2, 0.25) is 10.0 Å². The van der Waals surface area contributed by atoms with Crippen molar-refractivity contribution in [2.45, 2.75) is 31.5 Å². The van der Waals surface area contributed by atoms with Crippen molar-refractivity contribution in [3.8, 4) is 16.9 Å². The first-order valence-corrected chi connectivity index (χ1v) is 17.0. The van der Waals surface area contributed by atoms with E-state index in [9.17, 15) is 9.59 Å². The van der Waals surface area contributed by atoms with Crippen LogP contribution in [0.1, 0.15) is 34.3 Å². The van der Waals surface area contributed by atoms with Gasteiger partial charge in [-0.05, 0) is 44.2 Å². The van der Waals surface area contributed by atoms with E-state index in [4.69, 9.17) is 37.4 Å². The molecule has 14 heteroatoms. The van der Waals surface area contributed by atoms with Gasteiger partial charge in [0.05, 0.1) is 65.8 Å². The molecule has 0 aromatic heterocycles. The number of hydrogen-bond donors (Lipinski definition) is 1. The normalized spacial score (nSPS) is 20.9. The molecule has 0 radical (unpaired) electrons. The molecule has 11 nitrogen and oxygen atoms in total. The maximum absolute atomic E-state index is 16.2. The van der Waals surface area contributed by atoms with Crippen LogP contribution in [0.3, 0.4) is 0 Å². The van der Waals surface area contributed by atoms with Crippen LogP contribution in [0, 0.1) is 5.82 Å². The minimum atomic E-state index is -0.523. The van der Waals surface area contributed by atoms with Gasteiger partial charge in [-0.25, -0.2) is 9.82 Å². The summed E-state index contributed by atoms with van der Waals surface area (Å²) in [6, 6.07) is 12.4. The topological polar surface area (TPSA) is 99.2 Å². The summed E-state index contributed by atoms with van der Waals surface area (Å²) in [5.74, 6) is -0.315. The van der Waals surface area contributed by atoms with Gasteiger partial charge in [0.2, 0.25) is 12.3 Å². The summed E-state index contributed by atoms with van der Waals surface area (Å²) in [6.07, 6.45) is 2.29. The fourth-order valence-corrected chi connectivity index (χ4v) is 7.90. The van der Waals surface area contributed by atoms with Crippen LogP contribution in [-0.2, 0) is 20.8 Å². The zero-order valence-corrected chi connectivity index (χ0v) is 28.8. The van der Waals surface area contributed by atoms with E-state index in [0.29, 0.717) is 47.6 Å². The molecule has 0 aliphatic carbocycles. The van der Waals surface area contributed by atoms with Crippen molar-refractivity contribution in [1.82, 2.24) is 15.2 Å². The van der Waals surface area contributed by atoms with Gasteiger partial charge in [0, 0.05) is 48.6 Å². The highest BCUT2D eigenvalue weighted by Crippen LogP contribution is 2.43.